The molecule has 1 N–H and O–H groups in total. The molecule has 2 atom stereocenters. The van der Waals surface area contributed by atoms with Crippen LogP contribution in [-0.4, -0.2) is 30.1 Å². The van der Waals surface area contributed by atoms with E-state index in [1.54, 1.807) is 0 Å². The van der Waals surface area contributed by atoms with Crippen molar-refractivity contribution in [1.82, 2.24) is 10.2 Å². The molecule has 3 rings (SSSR count). The summed E-state index contributed by atoms with van der Waals surface area (Å²) in [5, 5.41) is 3.84. The standard InChI is InChI=1S/C17H26N2/c1-14-9-10-19(12-15-5-3-2-4-6-15)13-17(11-14)18-16-7-8-16/h2-6,14,16-18H,7-13H2,1H3. The van der Waals surface area contributed by atoms with E-state index in [0.717, 1.165) is 18.5 Å². The lowest BCUT2D eigenvalue weighted by atomic mass is 10.0. The molecule has 1 aliphatic carbocycles. The third kappa shape index (κ3) is 4.05. The Kier molecular flexibility index (Phi) is 4.19. The topological polar surface area (TPSA) is 15.3 Å². The SMILES string of the molecule is CC1CCN(Cc2ccccc2)CC(NC2CC2)C1. The van der Waals surface area contributed by atoms with Gasteiger partial charge in [-0.15, -0.1) is 0 Å². The minimum atomic E-state index is 0.703. The van der Waals surface area contributed by atoms with Crippen LogP contribution in [0.25, 0.3) is 0 Å². The zero-order valence-corrected chi connectivity index (χ0v) is 12.0. The number of nitrogens with zero attached hydrogens (tertiary/aromatic N) is 1. The first-order chi connectivity index (χ1) is 9.29. The molecule has 2 aliphatic rings. The number of rotatable bonds is 4. The van der Waals surface area contributed by atoms with Gasteiger partial charge in [-0.05, 0) is 43.7 Å². The van der Waals surface area contributed by atoms with Crippen LogP contribution < -0.4 is 5.32 Å². The first-order valence-electron chi connectivity index (χ1n) is 7.82. The summed E-state index contributed by atoms with van der Waals surface area (Å²) in [5.74, 6) is 0.858. The summed E-state index contributed by atoms with van der Waals surface area (Å²) in [6, 6.07) is 12.4. The van der Waals surface area contributed by atoms with Crippen molar-refractivity contribution >= 4 is 0 Å². The highest BCUT2D eigenvalue weighted by Gasteiger charge is 2.28. The highest BCUT2D eigenvalue weighted by Crippen LogP contribution is 2.24. The fraction of sp³-hybridized carbons (Fsp3) is 0.647. The van der Waals surface area contributed by atoms with Crippen molar-refractivity contribution in [2.24, 2.45) is 5.92 Å². The summed E-state index contributed by atoms with van der Waals surface area (Å²) in [6.45, 7) is 5.98. The van der Waals surface area contributed by atoms with E-state index in [9.17, 15) is 0 Å². The van der Waals surface area contributed by atoms with Gasteiger partial charge in [0.25, 0.3) is 0 Å². The lowest BCUT2D eigenvalue weighted by Gasteiger charge is -2.25. The number of nitrogens with one attached hydrogen (secondary N) is 1. The minimum absolute atomic E-state index is 0.703. The van der Waals surface area contributed by atoms with Crippen LogP contribution in [0.4, 0.5) is 0 Å². The third-order valence-corrected chi connectivity index (χ3v) is 4.40. The Morgan fingerprint density at radius 2 is 1.89 bits per heavy atom. The molecule has 2 heteroatoms. The highest BCUT2D eigenvalue weighted by atomic mass is 15.2. The van der Waals surface area contributed by atoms with Crippen molar-refractivity contribution in [3.8, 4) is 0 Å². The van der Waals surface area contributed by atoms with E-state index in [2.05, 4.69) is 47.5 Å². The van der Waals surface area contributed by atoms with Crippen molar-refractivity contribution in [3.63, 3.8) is 0 Å². The van der Waals surface area contributed by atoms with Crippen LogP contribution in [0.2, 0.25) is 0 Å². The summed E-state index contributed by atoms with van der Waals surface area (Å²) in [7, 11) is 0. The Morgan fingerprint density at radius 3 is 2.63 bits per heavy atom. The Bertz CT molecular complexity index is 386. The second-order valence-corrected chi connectivity index (χ2v) is 6.49. The molecule has 1 aliphatic heterocycles. The van der Waals surface area contributed by atoms with Crippen molar-refractivity contribution in [2.45, 2.75) is 51.2 Å². The average Bonchev–Trinajstić information content (AvgIpc) is 3.21. The van der Waals surface area contributed by atoms with Crippen LogP contribution in [0.1, 0.15) is 38.2 Å². The quantitative estimate of drug-likeness (QED) is 0.893. The molecule has 2 nitrogen and oxygen atoms in total. The average molecular weight is 258 g/mol. The van der Waals surface area contributed by atoms with Crippen LogP contribution >= 0.6 is 0 Å². The van der Waals surface area contributed by atoms with Crippen LogP contribution in [0, 0.1) is 5.92 Å². The number of hydrogen-bond donors (Lipinski definition) is 1. The Balaban J connectivity index is 1.59. The maximum atomic E-state index is 3.84. The maximum Gasteiger partial charge on any atom is 0.0234 e. The predicted molar refractivity (Wildman–Crippen MR) is 80.1 cm³/mol. The van der Waals surface area contributed by atoms with Gasteiger partial charge in [0.05, 0.1) is 0 Å². The second-order valence-electron chi connectivity index (χ2n) is 6.49. The summed E-state index contributed by atoms with van der Waals surface area (Å²) >= 11 is 0. The van der Waals surface area contributed by atoms with Gasteiger partial charge in [-0.3, -0.25) is 4.90 Å². The smallest absolute Gasteiger partial charge is 0.0234 e. The minimum Gasteiger partial charge on any atom is -0.310 e. The van der Waals surface area contributed by atoms with Crippen LogP contribution in [0.3, 0.4) is 0 Å². The second kappa shape index (κ2) is 6.06. The zero-order chi connectivity index (χ0) is 13.1. The van der Waals surface area contributed by atoms with Crippen molar-refractivity contribution in [1.29, 1.82) is 0 Å². The number of likely N-dealkylation sites (tertiary alicyclic amines) is 1. The van der Waals surface area contributed by atoms with Gasteiger partial charge < -0.3 is 5.32 Å². The van der Waals surface area contributed by atoms with Crippen molar-refractivity contribution < 1.29 is 0 Å². The summed E-state index contributed by atoms with van der Waals surface area (Å²) in [6.07, 6.45) is 5.48. The largest absolute Gasteiger partial charge is 0.310 e. The van der Waals surface area contributed by atoms with Gasteiger partial charge in [-0.25, -0.2) is 0 Å². The van der Waals surface area contributed by atoms with Crippen LogP contribution in [0.15, 0.2) is 30.3 Å². The van der Waals surface area contributed by atoms with E-state index in [0.29, 0.717) is 6.04 Å². The molecule has 0 amide bonds. The van der Waals surface area contributed by atoms with Crippen LogP contribution in [-0.2, 0) is 6.54 Å². The monoisotopic (exact) mass is 258 g/mol. The van der Waals surface area contributed by atoms with Crippen molar-refractivity contribution in [3.05, 3.63) is 35.9 Å². The fourth-order valence-electron chi connectivity index (χ4n) is 3.17. The van der Waals surface area contributed by atoms with E-state index < -0.39 is 0 Å². The van der Waals surface area contributed by atoms with Gasteiger partial charge in [-0.1, -0.05) is 37.3 Å². The molecule has 2 unspecified atom stereocenters. The lowest BCUT2D eigenvalue weighted by molar-refractivity contribution is 0.250. The molecule has 1 saturated carbocycles. The van der Waals surface area contributed by atoms with E-state index >= 15 is 0 Å². The van der Waals surface area contributed by atoms with Crippen molar-refractivity contribution in [2.75, 3.05) is 13.1 Å². The van der Waals surface area contributed by atoms with Crippen LogP contribution in [0.5, 0.6) is 0 Å². The Hall–Kier alpha value is -0.860. The van der Waals surface area contributed by atoms with Gasteiger partial charge in [0, 0.05) is 25.2 Å². The highest BCUT2D eigenvalue weighted by molar-refractivity contribution is 5.14. The molecule has 0 aromatic heterocycles. The molecule has 0 radical (unpaired) electrons. The van der Waals surface area contributed by atoms with E-state index in [1.165, 1.54) is 44.3 Å². The molecular formula is C17H26N2. The number of benzene rings is 1. The normalized spacial score (nSPS) is 29.1. The predicted octanol–water partition coefficient (Wildman–Crippen LogP) is 3.04. The maximum absolute atomic E-state index is 3.84. The zero-order valence-electron chi connectivity index (χ0n) is 12.0. The molecule has 0 bridgehead atoms. The van der Waals surface area contributed by atoms with Gasteiger partial charge in [0.2, 0.25) is 0 Å². The fourth-order valence-corrected chi connectivity index (χ4v) is 3.17. The molecule has 104 valence electrons. The molecular weight excluding hydrogens is 232 g/mol. The first-order valence-corrected chi connectivity index (χ1v) is 7.82. The molecule has 19 heavy (non-hydrogen) atoms. The lowest BCUT2D eigenvalue weighted by Crippen LogP contribution is -2.40. The molecule has 2 fully saturated rings. The van der Waals surface area contributed by atoms with Gasteiger partial charge >= 0.3 is 0 Å². The summed E-state index contributed by atoms with van der Waals surface area (Å²) in [4.78, 5) is 2.64. The first kappa shape index (κ1) is 13.1. The molecule has 1 saturated heterocycles. The van der Waals surface area contributed by atoms with E-state index in [4.69, 9.17) is 0 Å². The molecule has 1 aromatic rings. The third-order valence-electron chi connectivity index (χ3n) is 4.40. The van der Waals surface area contributed by atoms with E-state index in [1.807, 2.05) is 0 Å². The summed E-state index contributed by atoms with van der Waals surface area (Å²) in [5.41, 5.74) is 1.45. The van der Waals surface area contributed by atoms with E-state index in [-0.39, 0.29) is 0 Å². The Morgan fingerprint density at radius 1 is 1.11 bits per heavy atom. The van der Waals surface area contributed by atoms with Gasteiger partial charge in [-0.2, -0.15) is 0 Å². The van der Waals surface area contributed by atoms with Gasteiger partial charge in [0.15, 0.2) is 0 Å². The summed E-state index contributed by atoms with van der Waals surface area (Å²) < 4.78 is 0. The number of hydrogen-bond acceptors (Lipinski definition) is 2. The molecule has 1 aromatic carbocycles. The molecule has 0 spiro atoms. The molecule has 1 heterocycles. The Labute approximate surface area is 117 Å². The van der Waals surface area contributed by atoms with Gasteiger partial charge in [0.1, 0.15) is 0 Å².